The predicted molar refractivity (Wildman–Crippen MR) is 100 cm³/mol. The van der Waals surface area contributed by atoms with Gasteiger partial charge in [0.05, 0.1) is 13.2 Å². The lowest BCUT2D eigenvalue weighted by Crippen LogP contribution is -2.10. The van der Waals surface area contributed by atoms with Crippen LogP contribution in [0.1, 0.15) is 77.6 Å². The summed E-state index contributed by atoms with van der Waals surface area (Å²) in [5, 5.41) is 10.1. The van der Waals surface area contributed by atoms with Crippen LogP contribution in [-0.2, 0) is 14.3 Å². The summed E-state index contributed by atoms with van der Waals surface area (Å²) in [6, 6.07) is 0. The molecule has 0 bridgehead atoms. The molecule has 1 aliphatic rings. The topological polar surface area (TPSA) is 63.6 Å². The number of carbonyl (C=O) groups excluding carboxylic acids is 2. The minimum Gasteiger partial charge on any atom is -0.469 e. The van der Waals surface area contributed by atoms with E-state index in [0.717, 1.165) is 56.9 Å². The Morgan fingerprint density at radius 2 is 2.04 bits per heavy atom. The van der Waals surface area contributed by atoms with Crippen molar-refractivity contribution in [2.45, 2.75) is 83.7 Å². The van der Waals surface area contributed by atoms with Crippen molar-refractivity contribution < 1.29 is 19.4 Å². The molecule has 0 heterocycles. The normalized spacial score (nSPS) is 19.6. The lowest BCUT2D eigenvalue weighted by atomic mass is 9.93. The van der Waals surface area contributed by atoms with Gasteiger partial charge in [-0.1, -0.05) is 44.8 Å². The number of allylic oxidation sites excluding steroid dienone is 4. The van der Waals surface area contributed by atoms with E-state index < -0.39 is 0 Å². The Labute approximate surface area is 152 Å². The van der Waals surface area contributed by atoms with Crippen LogP contribution in [0.5, 0.6) is 0 Å². The number of aliphatic hydroxyl groups is 1. The van der Waals surface area contributed by atoms with E-state index in [1.165, 1.54) is 20.0 Å². The number of aliphatic hydroxyl groups excluding tert-OH is 1. The number of rotatable bonds is 13. The van der Waals surface area contributed by atoms with Crippen LogP contribution in [0.4, 0.5) is 0 Å². The second-order valence-corrected chi connectivity index (χ2v) is 6.89. The summed E-state index contributed by atoms with van der Waals surface area (Å²) < 4.78 is 4.62. The van der Waals surface area contributed by atoms with E-state index in [0.29, 0.717) is 6.42 Å². The summed E-state index contributed by atoms with van der Waals surface area (Å²) in [7, 11) is 1.41. The van der Waals surface area contributed by atoms with Gasteiger partial charge in [-0.2, -0.15) is 0 Å². The van der Waals surface area contributed by atoms with Crippen molar-refractivity contribution in [3.63, 3.8) is 0 Å². The van der Waals surface area contributed by atoms with Crippen LogP contribution in [0.25, 0.3) is 0 Å². The van der Waals surface area contributed by atoms with Gasteiger partial charge in [0.1, 0.15) is 0 Å². The van der Waals surface area contributed by atoms with E-state index >= 15 is 0 Å². The molecule has 0 amide bonds. The van der Waals surface area contributed by atoms with E-state index in [-0.39, 0.29) is 23.8 Å². The first kappa shape index (κ1) is 21.6. The van der Waals surface area contributed by atoms with Crippen molar-refractivity contribution >= 4 is 11.8 Å². The van der Waals surface area contributed by atoms with E-state index in [1.54, 1.807) is 6.08 Å². The van der Waals surface area contributed by atoms with Gasteiger partial charge in [0.25, 0.3) is 0 Å². The highest BCUT2D eigenvalue weighted by atomic mass is 16.5. The third-order valence-electron chi connectivity index (χ3n) is 4.79. The van der Waals surface area contributed by atoms with Gasteiger partial charge in [0.2, 0.25) is 0 Å². The van der Waals surface area contributed by atoms with Gasteiger partial charge in [-0.15, -0.1) is 0 Å². The average Bonchev–Trinajstić information content (AvgIpc) is 2.96. The van der Waals surface area contributed by atoms with E-state index in [9.17, 15) is 14.7 Å². The van der Waals surface area contributed by atoms with Crippen LogP contribution in [-0.4, -0.2) is 30.1 Å². The molecule has 0 aromatic rings. The zero-order valence-corrected chi connectivity index (χ0v) is 15.8. The summed E-state index contributed by atoms with van der Waals surface area (Å²) in [5.74, 6) is 0.106. The van der Waals surface area contributed by atoms with Crippen molar-refractivity contribution in [1.29, 1.82) is 0 Å². The van der Waals surface area contributed by atoms with Gasteiger partial charge in [-0.05, 0) is 44.6 Å². The predicted octanol–water partition coefficient (Wildman–Crippen LogP) is 4.51. The molecule has 1 aliphatic carbocycles. The third kappa shape index (κ3) is 9.01. The minimum atomic E-state index is -0.254. The van der Waals surface area contributed by atoms with Crippen LogP contribution in [0.2, 0.25) is 0 Å². The van der Waals surface area contributed by atoms with Gasteiger partial charge in [-0.25, -0.2) is 0 Å². The molecule has 1 rings (SSSR count). The van der Waals surface area contributed by atoms with Crippen molar-refractivity contribution in [3.8, 4) is 0 Å². The zero-order valence-electron chi connectivity index (χ0n) is 15.8. The van der Waals surface area contributed by atoms with Crippen LogP contribution < -0.4 is 0 Å². The van der Waals surface area contributed by atoms with Crippen LogP contribution in [0, 0.1) is 5.92 Å². The van der Waals surface area contributed by atoms with Crippen LogP contribution >= 0.6 is 0 Å². The molecule has 0 spiro atoms. The average molecular weight is 350 g/mol. The Bertz CT molecular complexity index is 465. The Morgan fingerprint density at radius 3 is 2.76 bits per heavy atom. The molecule has 142 valence electrons. The summed E-state index contributed by atoms with van der Waals surface area (Å²) in [4.78, 5) is 23.1. The lowest BCUT2D eigenvalue weighted by Gasteiger charge is -2.14. The maximum atomic E-state index is 12.0. The summed E-state index contributed by atoms with van der Waals surface area (Å²) in [5.41, 5.74) is 0.883. The number of ether oxygens (including phenoxy) is 1. The number of hydrogen-bond donors (Lipinski definition) is 1. The molecule has 0 aromatic heterocycles. The maximum Gasteiger partial charge on any atom is 0.305 e. The first-order chi connectivity index (χ1) is 12.1. The minimum absolute atomic E-state index is 0.111. The zero-order chi connectivity index (χ0) is 18.5. The van der Waals surface area contributed by atoms with Gasteiger partial charge in [0.15, 0.2) is 5.78 Å². The fourth-order valence-corrected chi connectivity index (χ4v) is 3.19. The number of carbonyl (C=O) groups is 2. The van der Waals surface area contributed by atoms with E-state index in [4.69, 9.17) is 0 Å². The Kier molecular flexibility index (Phi) is 11.1. The quantitative estimate of drug-likeness (QED) is 0.301. The van der Waals surface area contributed by atoms with Crippen molar-refractivity contribution in [2.75, 3.05) is 7.11 Å². The van der Waals surface area contributed by atoms with Crippen LogP contribution in [0.15, 0.2) is 23.8 Å². The molecule has 4 heteroatoms. The molecular formula is C21H34O4. The lowest BCUT2D eigenvalue weighted by molar-refractivity contribution is -0.140. The van der Waals surface area contributed by atoms with Crippen molar-refractivity contribution in [3.05, 3.63) is 23.8 Å². The van der Waals surface area contributed by atoms with Crippen LogP contribution in [0.3, 0.4) is 0 Å². The second-order valence-electron chi connectivity index (χ2n) is 6.89. The first-order valence-corrected chi connectivity index (χ1v) is 9.76. The monoisotopic (exact) mass is 350 g/mol. The highest BCUT2D eigenvalue weighted by Gasteiger charge is 2.23. The number of unbranched alkanes of at least 4 members (excludes halogenated alkanes) is 5. The Balaban J connectivity index is 2.28. The largest absolute Gasteiger partial charge is 0.469 e. The van der Waals surface area contributed by atoms with Crippen molar-refractivity contribution in [2.24, 2.45) is 5.92 Å². The fourth-order valence-electron chi connectivity index (χ4n) is 3.19. The third-order valence-corrected chi connectivity index (χ3v) is 4.79. The molecule has 0 aromatic carbocycles. The number of methoxy groups -OCH3 is 1. The molecule has 2 atom stereocenters. The Morgan fingerprint density at radius 1 is 1.24 bits per heavy atom. The maximum absolute atomic E-state index is 12.0. The Hall–Kier alpha value is -1.42. The highest BCUT2D eigenvalue weighted by Crippen LogP contribution is 2.28. The standard InChI is InChI=1S/C21H34O4/c1-3-4-7-10-18(22)15-13-17-14-16-20(23)19(17)11-8-5-6-9-12-21(24)25-2/h11,14,16-18,22H,3-10,12-13,15H2,1-2H3/b19-11-/t17-,18+/m0/s1. The smallest absolute Gasteiger partial charge is 0.305 e. The van der Waals surface area contributed by atoms with Gasteiger partial charge >= 0.3 is 5.97 Å². The number of ketones is 1. The molecule has 0 saturated carbocycles. The summed E-state index contributed by atoms with van der Waals surface area (Å²) >= 11 is 0. The molecule has 0 unspecified atom stereocenters. The van der Waals surface area contributed by atoms with E-state index in [2.05, 4.69) is 17.7 Å². The van der Waals surface area contributed by atoms with Gasteiger partial charge in [0, 0.05) is 17.9 Å². The molecule has 4 nitrogen and oxygen atoms in total. The SMILES string of the molecule is CCCCC[C@@H](O)CC[C@H]1C=CC(=O)/C1=C\CCCCCC(=O)OC. The second kappa shape index (κ2) is 12.9. The van der Waals surface area contributed by atoms with E-state index in [1.807, 2.05) is 6.08 Å². The first-order valence-electron chi connectivity index (χ1n) is 9.76. The molecule has 0 aliphatic heterocycles. The van der Waals surface area contributed by atoms with Gasteiger partial charge < -0.3 is 9.84 Å². The highest BCUT2D eigenvalue weighted by molar-refractivity contribution is 6.07. The molecule has 1 N–H and O–H groups in total. The van der Waals surface area contributed by atoms with Crippen molar-refractivity contribution in [1.82, 2.24) is 0 Å². The number of hydrogen-bond acceptors (Lipinski definition) is 4. The summed E-state index contributed by atoms with van der Waals surface area (Å²) in [6.07, 6.45) is 15.4. The number of esters is 1. The molecule has 0 saturated heterocycles. The summed E-state index contributed by atoms with van der Waals surface area (Å²) in [6.45, 7) is 2.16. The molecule has 0 radical (unpaired) electrons. The molecule has 0 fully saturated rings. The molecule has 25 heavy (non-hydrogen) atoms. The van der Waals surface area contributed by atoms with Gasteiger partial charge in [-0.3, -0.25) is 9.59 Å². The fraction of sp³-hybridized carbons (Fsp3) is 0.714. The molecular weight excluding hydrogens is 316 g/mol.